The third kappa shape index (κ3) is 4.54. The smallest absolute Gasteiger partial charge is 0.344 e. The van der Waals surface area contributed by atoms with Gasteiger partial charge in [-0.25, -0.2) is 4.79 Å². The maximum Gasteiger partial charge on any atom is 0.344 e. The molecule has 2 aromatic rings. The molecule has 1 aromatic carbocycles. The van der Waals surface area contributed by atoms with E-state index in [-0.39, 0.29) is 19.1 Å². The molecule has 2 heterocycles. The predicted molar refractivity (Wildman–Crippen MR) is 97.5 cm³/mol. The SMILES string of the molecule is CCOc1ccccc1OCC(=O)OCC(=O)N1CCc2sccc2C1. The van der Waals surface area contributed by atoms with Gasteiger partial charge in [-0.1, -0.05) is 12.1 Å². The van der Waals surface area contributed by atoms with Crippen LogP contribution in [0, 0.1) is 0 Å². The van der Waals surface area contributed by atoms with Crippen molar-refractivity contribution in [2.75, 3.05) is 26.4 Å². The summed E-state index contributed by atoms with van der Waals surface area (Å²) >= 11 is 1.72. The van der Waals surface area contributed by atoms with Crippen molar-refractivity contribution in [3.8, 4) is 11.5 Å². The van der Waals surface area contributed by atoms with Gasteiger partial charge >= 0.3 is 5.97 Å². The first-order chi connectivity index (χ1) is 12.7. The van der Waals surface area contributed by atoms with E-state index in [1.807, 2.05) is 24.4 Å². The molecule has 6 nitrogen and oxygen atoms in total. The monoisotopic (exact) mass is 375 g/mol. The molecule has 0 bridgehead atoms. The van der Waals surface area contributed by atoms with E-state index in [2.05, 4.69) is 0 Å². The Bertz CT molecular complexity index is 773. The van der Waals surface area contributed by atoms with Crippen LogP contribution in [-0.4, -0.2) is 43.1 Å². The van der Waals surface area contributed by atoms with Gasteiger partial charge in [0.15, 0.2) is 24.7 Å². The summed E-state index contributed by atoms with van der Waals surface area (Å²) < 4.78 is 15.9. The average Bonchev–Trinajstić information content (AvgIpc) is 3.13. The molecule has 1 amide bonds. The van der Waals surface area contributed by atoms with Gasteiger partial charge in [-0.3, -0.25) is 4.79 Å². The Morgan fingerprint density at radius 1 is 1.12 bits per heavy atom. The molecule has 0 aliphatic carbocycles. The van der Waals surface area contributed by atoms with Crippen molar-refractivity contribution < 1.29 is 23.8 Å². The quantitative estimate of drug-likeness (QED) is 0.696. The van der Waals surface area contributed by atoms with E-state index in [9.17, 15) is 9.59 Å². The van der Waals surface area contributed by atoms with Gasteiger partial charge in [-0.05, 0) is 42.5 Å². The number of para-hydroxylation sites is 2. The van der Waals surface area contributed by atoms with Crippen molar-refractivity contribution in [3.05, 3.63) is 46.2 Å². The lowest BCUT2D eigenvalue weighted by molar-refractivity contribution is -0.154. The van der Waals surface area contributed by atoms with Crippen molar-refractivity contribution in [3.63, 3.8) is 0 Å². The van der Waals surface area contributed by atoms with Gasteiger partial charge < -0.3 is 19.1 Å². The first-order valence-electron chi connectivity index (χ1n) is 8.50. The largest absolute Gasteiger partial charge is 0.490 e. The number of rotatable bonds is 7. The van der Waals surface area contributed by atoms with Crippen LogP contribution in [0.2, 0.25) is 0 Å². The molecule has 1 aliphatic rings. The molecule has 0 saturated heterocycles. The molecule has 3 rings (SSSR count). The van der Waals surface area contributed by atoms with E-state index < -0.39 is 5.97 Å². The minimum Gasteiger partial charge on any atom is -0.490 e. The van der Waals surface area contributed by atoms with Gasteiger partial charge in [-0.15, -0.1) is 11.3 Å². The summed E-state index contributed by atoms with van der Waals surface area (Å²) in [7, 11) is 0. The van der Waals surface area contributed by atoms with Crippen molar-refractivity contribution in [1.29, 1.82) is 0 Å². The second-order valence-corrected chi connectivity index (χ2v) is 6.76. The van der Waals surface area contributed by atoms with E-state index in [0.717, 1.165) is 6.42 Å². The normalized spacial score (nSPS) is 13.0. The number of hydrogen-bond donors (Lipinski definition) is 0. The summed E-state index contributed by atoms with van der Waals surface area (Å²) in [5.41, 5.74) is 1.18. The Balaban J connectivity index is 1.44. The van der Waals surface area contributed by atoms with Crippen LogP contribution in [0.25, 0.3) is 0 Å². The topological polar surface area (TPSA) is 65.1 Å². The molecule has 0 radical (unpaired) electrons. The van der Waals surface area contributed by atoms with E-state index in [0.29, 0.717) is 31.2 Å². The van der Waals surface area contributed by atoms with E-state index in [4.69, 9.17) is 14.2 Å². The number of thiophene rings is 1. The molecule has 0 atom stereocenters. The van der Waals surface area contributed by atoms with Crippen LogP contribution in [-0.2, 0) is 27.3 Å². The zero-order valence-electron chi connectivity index (χ0n) is 14.6. The van der Waals surface area contributed by atoms with Crippen LogP contribution in [0.1, 0.15) is 17.4 Å². The molecule has 0 N–H and O–H groups in total. The highest BCUT2D eigenvalue weighted by molar-refractivity contribution is 7.10. The lowest BCUT2D eigenvalue weighted by atomic mass is 10.1. The molecular formula is C19H21NO5S. The average molecular weight is 375 g/mol. The molecule has 0 fully saturated rings. The fourth-order valence-corrected chi connectivity index (χ4v) is 3.61. The van der Waals surface area contributed by atoms with Crippen LogP contribution < -0.4 is 9.47 Å². The summed E-state index contributed by atoms with van der Waals surface area (Å²) in [5.74, 6) is 0.264. The van der Waals surface area contributed by atoms with Gasteiger partial charge in [0.05, 0.1) is 6.61 Å². The minimum atomic E-state index is -0.585. The minimum absolute atomic E-state index is 0.190. The number of carbonyl (C=O) groups is 2. The van der Waals surface area contributed by atoms with Crippen molar-refractivity contribution in [1.82, 2.24) is 4.90 Å². The van der Waals surface area contributed by atoms with Crippen LogP contribution in [0.3, 0.4) is 0 Å². The number of ether oxygens (including phenoxy) is 3. The first-order valence-corrected chi connectivity index (χ1v) is 9.38. The van der Waals surface area contributed by atoms with E-state index in [1.165, 1.54) is 10.4 Å². The number of carbonyl (C=O) groups excluding carboxylic acids is 2. The highest BCUT2D eigenvalue weighted by atomic mass is 32.1. The summed E-state index contributed by atoms with van der Waals surface area (Å²) in [6, 6.07) is 9.14. The number of esters is 1. The highest BCUT2D eigenvalue weighted by Gasteiger charge is 2.22. The number of hydrogen-bond acceptors (Lipinski definition) is 6. The number of benzene rings is 1. The third-order valence-corrected chi connectivity index (χ3v) is 5.03. The van der Waals surface area contributed by atoms with E-state index >= 15 is 0 Å². The van der Waals surface area contributed by atoms with Crippen molar-refractivity contribution >= 4 is 23.2 Å². The Kier molecular flexibility index (Phi) is 6.12. The van der Waals surface area contributed by atoms with Crippen LogP contribution in [0.5, 0.6) is 11.5 Å². The van der Waals surface area contributed by atoms with Crippen LogP contribution in [0.4, 0.5) is 0 Å². The number of fused-ring (bicyclic) bond motifs is 1. The standard InChI is InChI=1S/C19H21NO5S/c1-2-23-15-5-3-4-6-16(15)24-13-19(22)25-12-18(21)20-9-7-17-14(11-20)8-10-26-17/h3-6,8,10H,2,7,9,11-13H2,1H3. The molecule has 138 valence electrons. The van der Waals surface area contributed by atoms with Gasteiger partial charge in [-0.2, -0.15) is 0 Å². The van der Waals surface area contributed by atoms with Gasteiger partial charge in [0, 0.05) is 18.0 Å². The molecule has 1 aromatic heterocycles. The van der Waals surface area contributed by atoms with Gasteiger partial charge in [0.25, 0.3) is 5.91 Å². The van der Waals surface area contributed by atoms with Gasteiger partial charge in [0.2, 0.25) is 0 Å². The molecule has 0 unspecified atom stereocenters. The lowest BCUT2D eigenvalue weighted by Gasteiger charge is -2.26. The fraction of sp³-hybridized carbons (Fsp3) is 0.368. The van der Waals surface area contributed by atoms with Crippen LogP contribution >= 0.6 is 11.3 Å². The number of nitrogens with zero attached hydrogens (tertiary/aromatic N) is 1. The van der Waals surface area contributed by atoms with Crippen molar-refractivity contribution in [2.24, 2.45) is 0 Å². The third-order valence-electron chi connectivity index (χ3n) is 4.01. The molecule has 0 saturated carbocycles. The second kappa shape index (κ2) is 8.71. The van der Waals surface area contributed by atoms with Crippen LogP contribution in [0.15, 0.2) is 35.7 Å². The fourth-order valence-electron chi connectivity index (χ4n) is 2.72. The highest BCUT2D eigenvalue weighted by Crippen LogP contribution is 2.26. The zero-order chi connectivity index (χ0) is 18.4. The maximum absolute atomic E-state index is 12.2. The summed E-state index contributed by atoms with van der Waals surface area (Å²) in [5, 5.41) is 2.04. The molecule has 0 spiro atoms. The molecular weight excluding hydrogens is 354 g/mol. The first kappa shape index (κ1) is 18.3. The molecule has 7 heteroatoms. The summed E-state index contributed by atoms with van der Waals surface area (Å²) in [4.78, 5) is 27.2. The Morgan fingerprint density at radius 2 is 1.88 bits per heavy atom. The van der Waals surface area contributed by atoms with Gasteiger partial charge in [0.1, 0.15) is 0 Å². The predicted octanol–water partition coefficient (Wildman–Crippen LogP) is 2.65. The van der Waals surface area contributed by atoms with Crippen molar-refractivity contribution in [2.45, 2.75) is 19.9 Å². The maximum atomic E-state index is 12.2. The Hall–Kier alpha value is -2.54. The lowest BCUT2D eigenvalue weighted by Crippen LogP contribution is -2.38. The summed E-state index contributed by atoms with van der Waals surface area (Å²) in [6.45, 7) is 3.06. The molecule has 26 heavy (non-hydrogen) atoms. The second-order valence-electron chi connectivity index (χ2n) is 5.76. The number of amides is 1. The zero-order valence-corrected chi connectivity index (χ0v) is 15.4. The molecule has 1 aliphatic heterocycles. The van der Waals surface area contributed by atoms with E-state index in [1.54, 1.807) is 34.4 Å². The Morgan fingerprint density at radius 3 is 2.65 bits per heavy atom. The summed E-state index contributed by atoms with van der Waals surface area (Å²) in [6.07, 6.45) is 0.851. The Labute approximate surface area is 156 Å².